The number of benzene rings is 1. The fraction of sp³-hybridized carbons (Fsp3) is 0.267. The molecule has 0 amide bonds. The van der Waals surface area contributed by atoms with Crippen LogP contribution >= 0.6 is 0 Å². The van der Waals surface area contributed by atoms with Crippen molar-refractivity contribution in [2.24, 2.45) is 0 Å². The first-order valence-electron chi connectivity index (χ1n) is 13.3. The minimum atomic E-state index is -0.206. The van der Waals surface area contributed by atoms with Crippen molar-refractivity contribution in [3.05, 3.63) is 90.5 Å². The Kier molecular flexibility index (Phi) is 5.72. The van der Waals surface area contributed by atoms with Crippen LogP contribution in [0, 0.1) is 5.82 Å². The Morgan fingerprint density at radius 3 is 2.55 bits per heavy atom. The van der Waals surface area contributed by atoms with Gasteiger partial charge in [-0.1, -0.05) is 18.2 Å². The van der Waals surface area contributed by atoms with Gasteiger partial charge in [-0.05, 0) is 79.8 Å². The molecule has 1 aromatic carbocycles. The highest BCUT2D eigenvalue weighted by Gasteiger charge is 2.28. The number of hydrogen-bond acceptors (Lipinski definition) is 6. The Morgan fingerprint density at radius 2 is 1.66 bits per heavy atom. The van der Waals surface area contributed by atoms with E-state index in [1.54, 1.807) is 12.1 Å². The lowest BCUT2D eigenvalue weighted by molar-refractivity contribution is 0.617. The van der Waals surface area contributed by atoms with E-state index in [-0.39, 0.29) is 11.9 Å². The van der Waals surface area contributed by atoms with Crippen molar-refractivity contribution in [2.45, 2.75) is 31.7 Å². The van der Waals surface area contributed by atoms with Crippen LogP contribution in [-0.4, -0.2) is 44.2 Å². The predicted octanol–water partition coefficient (Wildman–Crippen LogP) is 5.93. The topological polar surface area (TPSA) is 62.5 Å². The molecule has 0 radical (unpaired) electrons. The van der Waals surface area contributed by atoms with Gasteiger partial charge in [-0.3, -0.25) is 0 Å². The highest BCUT2D eigenvalue weighted by atomic mass is 19.1. The van der Waals surface area contributed by atoms with Gasteiger partial charge in [0.2, 0.25) is 0 Å². The Labute approximate surface area is 220 Å². The fourth-order valence-corrected chi connectivity index (χ4v) is 5.73. The lowest BCUT2D eigenvalue weighted by Gasteiger charge is -2.26. The summed E-state index contributed by atoms with van der Waals surface area (Å²) in [4.78, 5) is 18.8. The van der Waals surface area contributed by atoms with E-state index in [0.29, 0.717) is 0 Å². The molecule has 7 nitrogen and oxygen atoms in total. The van der Waals surface area contributed by atoms with E-state index >= 15 is 0 Å². The van der Waals surface area contributed by atoms with Crippen molar-refractivity contribution in [1.29, 1.82) is 0 Å². The lowest BCUT2D eigenvalue weighted by Crippen LogP contribution is -2.24. The standard InChI is InChI=1S/C30H28FN7/c31-23-7-3-6-22(18-23)26-10-5-17-37(26)29-12-11-28-33-20-27(38(28)35-29)25-9-4-8-24(34-25)21-13-14-32-30(19-21)36-15-1-2-16-36/h3-4,6-9,11-14,18-20,26H,1-2,5,10,15-17H2/t26-/m1/s1. The molecule has 38 heavy (non-hydrogen) atoms. The lowest BCUT2D eigenvalue weighted by atomic mass is 10.0. The number of imidazole rings is 1. The highest BCUT2D eigenvalue weighted by Crippen LogP contribution is 2.36. The molecule has 2 aliphatic rings. The highest BCUT2D eigenvalue weighted by molar-refractivity contribution is 5.68. The van der Waals surface area contributed by atoms with E-state index in [2.05, 4.69) is 25.8 Å². The SMILES string of the molecule is Fc1cccc([C@H]2CCCN2c2ccc3ncc(-c4cccc(-c5ccnc(N6CCCC6)c5)n4)n3n2)c1. The summed E-state index contributed by atoms with van der Waals surface area (Å²) in [5, 5.41) is 4.99. The van der Waals surface area contributed by atoms with Crippen LogP contribution in [0.1, 0.15) is 37.3 Å². The molecule has 0 saturated carbocycles. The molecule has 5 aromatic rings. The second-order valence-electron chi connectivity index (χ2n) is 10.0. The zero-order valence-corrected chi connectivity index (χ0v) is 21.0. The van der Waals surface area contributed by atoms with Gasteiger partial charge in [-0.15, -0.1) is 5.10 Å². The summed E-state index contributed by atoms with van der Waals surface area (Å²) < 4.78 is 15.8. The van der Waals surface area contributed by atoms with Crippen molar-refractivity contribution < 1.29 is 4.39 Å². The molecular weight excluding hydrogens is 477 g/mol. The summed E-state index contributed by atoms with van der Waals surface area (Å²) in [6.45, 7) is 2.98. The molecule has 2 fully saturated rings. The van der Waals surface area contributed by atoms with Gasteiger partial charge in [0.05, 0.1) is 23.6 Å². The molecule has 1 atom stereocenters. The third-order valence-electron chi connectivity index (χ3n) is 7.61. The van der Waals surface area contributed by atoms with Gasteiger partial charge in [0, 0.05) is 31.4 Å². The molecule has 8 heteroatoms. The molecule has 7 rings (SSSR count). The average molecular weight is 506 g/mol. The van der Waals surface area contributed by atoms with E-state index in [1.807, 2.05) is 59.4 Å². The van der Waals surface area contributed by atoms with Crippen LogP contribution in [0.3, 0.4) is 0 Å². The van der Waals surface area contributed by atoms with Gasteiger partial charge in [0.1, 0.15) is 23.1 Å². The minimum absolute atomic E-state index is 0.0977. The van der Waals surface area contributed by atoms with Gasteiger partial charge in [-0.25, -0.2) is 23.9 Å². The van der Waals surface area contributed by atoms with Crippen molar-refractivity contribution in [2.75, 3.05) is 29.4 Å². The van der Waals surface area contributed by atoms with Crippen molar-refractivity contribution >= 4 is 17.3 Å². The minimum Gasteiger partial charge on any atom is -0.357 e. The van der Waals surface area contributed by atoms with Crippen LogP contribution in [0.5, 0.6) is 0 Å². The van der Waals surface area contributed by atoms with Crippen LogP contribution in [0.25, 0.3) is 28.3 Å². The molecular formula is C30H28FN7. The maximum absolute atomic E-state index is 14.0. The van der Waals surface area contributed by atoms with Crippen LogP contribution in [0.4, 0.5) is 16.0 Å². The smallest absolute Gasteiger partial charge is 0.154 e. The quantitative estimate of drug-likeness (QED) is 0.295. The number of rotatable bonds is 5. The number of hydrogen-bond donors (Lipinski definition) is 0. The number of pyridine rings is 2. The average Bonchev–Trinajstić information content (AvgIpc) is 3.74. The molecule has 0 N–H and O–H groups in total. The zero-order valence-electron chi connectivity index (χ0n) is 21.0. The Bertz CT molecular complexity index is 1610. The first-order chi connectivity index (χ1) is 18.7. The second kappa shape index (κ2) is 9.52. The number of nitrogens with zero attached hydrogens (tertiary/aromatic N) is 7. The van der Waals surface area contributed by atoms with E-state index in [4.69, 9.17) is 10.1 Å². The first kappa shape index (κ1) is 22.8. The molecule has 2 aliphatic heterocycles. The van der Waals surface area contributed by atoms with Crippen molar-refractivity contribution in [3.8, 4) is 22.6 Å². The first-order valence-corrected chi connectivity index (χ1v) is 13.3. The molecule has 0 unspecified atom stereocenters. The third kappa shape index (κ3) is 4.16. The number of aromatic nitrogens is 5. The summed E-state index contributed by atoms with van der Waals surface area (Å²) in [7, 11) is 0. The molecule has 4 aromatic heterocycles. The summed E-state index contributed by atoms with van der Waals surface area (Å²) in [6, 6.07) is 21.2. The molecule has 6 heterocycles. The predicted molar refractivity (Wildman–Crippen MR) is 147 cm³/mol. The number of anilines is 2. The molecule has 2 saturated heterocycles. The summed E-state index contributed by atoms with van der Waals surface area (Å²) in [6.07, 6.45) is 8.12. The third-order valence-corrected chi connectivity index (χ3v) is 7.61. The molecule has 0 bridgehead atoms. The van der Waals surface area contributed by atoms with Gasteiger partial charge < -0.3 is 9.80 Å². The van der Waals surface area contributed by atoms with Gasteiger partial charge >= 0.3 is 0 Å². The summed E-state index contributed by atoms with van der Waals surface area (Å²) >= 11 is 0. The van der Waals surface area contributed by atoms with Gasteiger partial charge in [-0.2, -0.15) is 0 Å². The Morgan fingerprint density at radius 1 is 0.789 bits per heavy atom. The second-order valence-corrected chi connectivity index (χ2v) is 10.0. The molecule has 190 valence electrons. The largest absolute Gasteiger partial charge is 0.357 e. The Balaban J connectivity index is 1.23. The van der Waals surface area contributed by atoms with Crippen molar-refractivity contribution in [1.82, 2.24) is 24.6 Å². The van der Waals surface area contributed by atoms with Crippen molar-refractivity contribution in [3.63, 3.8) is 0 Å². The maximum Gasteiger partial charge on any atom is 0.154 e. The monoisotopic (exact) mass is 505 g/mol. The van der Waals surface area contributed by atoms with Crippen LogP contribution < -0.4 is 9.80 Å². The van der Waals surface area contributed by atoms with Crippen LogP contribution in [-0.2, 0) is 0 Å². The van der Waals surface area contributed by atoms with E-state index in [0.717, 1.165) is 78.0 Å². The Hall–Kier alpha value is -4.33. The number of halogens is 1. The van der Waals surface area contributed by atoms with E-state index < -0.39 is 0 Å². The summed E-state index contributed by atoms with van der Waals surface area (Å²) in [5.41, 5.74) is 5.32. The number of fused-ring (bicyclic) bond motifs is 1. The van der Waals surface area contributed by atoms with E-state index in [1.165, 1.54) is 18.9 Å². The zero-order chi connectivity index (χ0) is 25.5. The fourth-order valence-electron chi connectivity index (χ4n) is 5.73. The normalized spacial score (nSPS) is 17.6. The molecule has 0 spiro atoms. The summed E-state index contributed by atoms with van der Waals surface area (Å²) in [5.74, 6) is 1.65. The van der Waals surface area contributed by atoms with Gasteiger partial charge in [0.15, 0.2) is 5.65 Å². The maximum atomic E-state index is 14.0. The van der Waals surface area contributed by atoms with Crippen LogP contribution in [0.15, 0.2) is 79.1 Å². The molecule has 0 aliphatic carbocycles. The van der Waals surface area contributed by atoms with E-state index in [9.17, 15) is 4.39 Å². The van der Waals surface area contributed by atoms with Crippen LogP contribution in [0.2, 0.25) is 0 Å². The van der Waals surface area contributed by atoms with Gasteiger partial charge in [0.25, 0.3) is 0 Å².